The highest BCUT2D eigenvalue weighted by Gasteiger charge is 2.19. The van der Waals surface area contributed by atoms with Crippen molar-refractivity contribution in [3.8, 4) is 0 Å². The molecule has 1 aromatic rings. The lowest BCUT2D eigenvalue weighted by Crippen LogP contribution is -2.44. The van der Waals surface area contributed by atoms with Gasteiger partial charge in [0.15, 0.2) is 0 Å². The summed E-state index contributed by atoms with van der Waals surface area (Å²) in [6.45, 7) is 6.13. The molecule has 2 heterocycles. The molecule has 0 saturated carbocycles. The van der Waals surface area contributed by atoms with Crippen LogP contribution >= 0.6 is 11.3 Å². The van der Waals surface area contributed by atoms with Crippen molar-refractivity contribution in [3.05, 3.63) is 16.1 Å². The largest absolute Gasteiger partial charge is 0.378 e. The summed E-state index contributed by atoms with van der Waals surface area (Å²) in [7, 11) is 0. The van der Waals surface area contributed by atoms with Gasteiger partial charge in [0.05, 0.1) is 19.3 Å². The van der Waals surface area contributed by atoms with Crippen molar-refractivity contribution in [1.29, 1.82) is 0 Å². The zero-order chi connectivity index (χ0) is 13.0. The molecular formula is C12H19N3O2S. The van der Waals surface area contributed by atoms with E-state index in [1.165, 1.54) is 0 Å². The summed E-state index contributed by atoms with van der Waals surface area (Å²) in [6.07, 6.45) is 2.29. The van der Waals surface area contributed by atoms with Crippen molar-refractivity contribution in [1.82, 2.24) is 15.6 Å². The number of carbonyl (C=O) groups is 1. The van der Waals surface area contributed by atoms with E-state index in [9.17, 15) is 4.79 Å². The molecule has 1 aromatic heterocycles. The lowest BCUT2D eigenvalue weighted by Gasteiger charge is -2.23. The van der Waals surface area contributed by atoms with Crippen LogP contribution < -0.4 is 10.6 Å². The quantitative estimate of drug-likeness (QED) is 0.856. The van der Waals surface area contributed by atoms with Gasteiger partial charge in [0.1, 0.15) is 5.01 Å². The van der Waals surface area contributed by atoms with E-state index in [0.29, 0.717) is 13.0 Å². The maximum atomic E-state index is 11.9. The average molecular weight is 269 g/mol. The number of amides is 1. The Labute approximate surface area is 111 Å². The number of aromatic nitrogens is 1. The summed E-state index contributed by atoms with van der Waals surface area (Å²) in [5.74, 6) is 0.0401. The topological polar surface area (TPSA) is 63.2 Å². The number of hydrogen-bond donors (Lipinski definition) is 2. The number of nitrogens with zero attached hydrogens (tertiary/aromatic N) is 1. The van der Waals surface area contributed by atoms with Crippen molar-refractivity contribution in [2.24, 2.45) is 0 Å². The van der Waals surface area contributed by atoms with Crippen LogP contribution in [0.1, 0.15) is 29.3 Å². The molecule has 5 nitrogen and oxygen atoms in total. The number of morpholine rings is 1. The second-order valence-electron chi connectivity index (χ2n) is 4.53. The van der Waals surface area contributed by atoms with E-state index >= 15 is 0 Å². The fraction of sp³-hybridized carbons (Fsp3) is 0.667. The molecular weight excluding hydrogens is 250 g/mol. The summed E-state index contributed by atoms with van der Waals surface area (Å²) < 4.78 is 5.32. The van der Waals surface area contributed by atoms with Crippen LogP contribution in [-0.2, 0) is 9.53 Å². The van der Waals surface area contributed by atoms with E-state index in [1.54, 1.807) is 11.3 Å². The molecule has 18 heavy (non-hydrogen) atoms. The lowest BCUT2D eigenvalue weighted by molar-refractivity contribution is -0.122. The van der Waals surface area contributed by atoms with E-state index in [2.05, 4.69) is 15.6 Å². The third-order valence-electron chi connectivity index (χ3n) is 2.82. The SMILES string of the molecule is Cc1cnc(C(C)NC(=O)CC2COCCN2)s1. The van der Waals surface area contributed by atoms with Crippen LogP contribution in [0.5, 0.6) is 0 Å². The molecule has 0 spiro atoms. The number of nitrogens with one attached hydrogen (secondary N) is 2. The standard InChI is InChI=1S/C12H19N3O2S/c1-8-6-14-12(18-8)9(2)15-11(16)5-10-7-17-4-3-13-10/h6,9-10,13H,3-5,7H2,1-2H3,(H,15,16). The fourth-order valence-electron chi connectivity index (χ4n) is 1.91. The predicted molar refractivity (Wildman–Crippen MR) is 70.6 cm³/mol. The van der Waals surface area contributed by atoms with E-state index in [4.69, 9.17) is 4.74 Å². The van der Waals surface area contributed by atoms with E-state index in [0.717, 1.165) is 23.0 Å². The highest BCUT2D eigenvalue weighted by molar-refractivity contribution is 7.11. The third kappa shape index (κ3) is 3.76. The molecule has 100 valence electrons. The highest BCUT2D eigenvalue weighted by Crippen LogP contribution is 2.18. The fourth-order valence-corrected chi connectivity index (χ4v) is 2.69. The monoisotopic (exact) mass is 269 g/mol. The molecule has 0 aliphatic carbocycles. The van der Waals surface area contributed by atoms with Crippen LogP contribution in [0.25, 0.3) is 0 Å². The second kappa shape index (κ2) is 6.26. The molecule has 1 aliphatic heterocycles. The Morgan fingerprint density at radius 2 is 2.61 bits per heavy atom. The Hall–Kier alpha value is -0.980. The molecule has 1 amide bonds. The summed E-state index contributed by atoms with van der Waals surface area (Å²) in [5, 5.41) is 7.19. The molecule has 2 rings (SSSR count). The minimum atomic E-state index is -0.0271. The van der Waals surface area contributed by atoms with E-state index < -0.39 is 0 Å². The minimum absolute atomic E-state index is 0.0271. The average Bonchev–Trinajstić information content (AvgIpc) is 2.77. The van der Waals surface area contributed by atoms with E-state index in [-0.39, 0.29) is 18.0 Å². The van der Waals surface area contributed by atoms with E-state index in [1.807, 2.05) is 20.0 Å². The highest BCUT2D eigenvalue weighted by atomic mass is 32.1. The number of rotatable bonds is 4. The van der Waals surface area contributed by atoms with Gasteiger partial charge in [-0.1, -0.05) is 0 Å². The minimum Gasteiger partial charge on any atom is -0.378 e. The first-order valence-corrected chi connectivity index (χ1v) is 6.99. The van der Waals surface area contributed by atoms with Gasteiger partial charge in [-0.2, -0.15) is 0 Å². The Bertz CT molecular complexity index is 402. The van der Waals surface area contributed by atoms with Gasteiger partial charge < -0.3 is 15.4 Å². The molecule has 2 atom stereocenters. The first-order valence-electron chi connectivity index (χ1n) is 6.18. The number of carbonyl (C=O) groups excluding carboxylic acids is 1. The number of hydrogen-bond acceptors (Lipinski definition) is 5. The van der Waals surface area contributed by atoms with Crippen LogP contribution in [-0.4, -0.2) is 36.7 Å². The number of aryl methyl sites for hydroxylation is 1. The molecule has 0 aromatic carbocycles. The molecule has 1 fully saturated rings. The molecule has 0 bridgehead atoms. The zero-order valence-electron chi connectivity index (χ0n) is 10.7. The van der Waals surface area contributed by atoms with Gasteiger partial charge in [-0.3, -0.25) is 4.79 Å². The van der Waals surface area contributed by atoms with Gasteiger partial charge in [0.25, 0.3) is 0 Å². The maximum absolute atomic E-state index is 11.9. The molecule has 2 unspecified atom stereocenters. The molecule has 6 heteroatoms. The normalized spacial score (nSPS) is 21.6. The predicted octanol–water partition coefficient (Wildman–Crippen LogP) is 1.01. The van der Waals surface area contributed by atoms with Gasteiger partial charge in [-0.25, -0.2) is 4.98 Å². The van der Waals surface area contributed by atoms with Crippen LogP contribution in [0.15, 0.2) is 6.20 Å². The van der Waals surface area contributed by atoms with Crippen LogP contribution in [0, 0.1) is 6.92 Å². The third-order valence-corrected chi connectivity index (χ3v) is 3.91. The molecule has 1 aliphatic rings. The molecule has 1 saturated heterocycles. The van der Waals surface area contributed by atoms with Crippen LogP contribution in [0.3, 0.4) is 0 Å². The Morgan fingerprint density at radius 3 is 3.22 bits per heavy atom. The first kappa shape index (κ1) is 13.5. The Morgan fingerprint density at radius 1 is 1.78 bits per heavy atom. The van der Waals surface area contributed by atoms with Crippen molar-refractivity contribution >= 4 is 17.2 Å². The van der Waals surface area contributed by atoms with Gasteiger partial charge >= 0.3 is 0 Å². The summed E-state index contributed by atoms with van der Waals surface area (Å²) >= 11 is 1.62. The van der Waals surface area contributed by atoms with Crippen LogP contribution in [0.2, 0.25) is 0 Å². The second-order valence-corrected chi connectivity index (χ2v) is 5.79. The van der Waals surface area contributed by atoms with Crippen molar-refractivity contribution in [3.63, 3.8) is 0 Å². The first-order chi connectivity index (χ1) is 8.65. The van der Waals surface area contributed by atoms with Crippen molar-refractivity contribution in [2.45, 2.75) is 32.4 Å². The van der Waals surface area contributed by atoms with Gasteiger partial charge in [-0.15, -0.1) is 11.3 Å². The lowest BCUT2D eigenvalue weighted by atomic mass is 10.2. The Kier molecular flexibility index (Phi) is 4.68. The smallest absolute Gasteiger partial charge is 0.222 e. The zero-order valence-corrected chi connectivity index (χ0v) is 11.5. The molecule has 0 radical (unpaired) electrons. The van der Waals surface area contributed by atoms with Gasteiger partial charge in [-0.05, 0) is 13.8 Å². The Balaban J connectivity index is 1.79. The van der Waals surface area contributed by atoms with Crippen LogP contribution in [0.4, 0.5) is 0 Å². The molecule has 2 N–H and O–H groups in total. The van der Waals surface area contributed by atoms with Gasteiger partial charge in [0.2, 0.25) is 5.91 Å². The van der Waals surface area contributed by atoms with Crippen molar-refractivity contribution in [2.75, 3.05) is 19.8 Å². The summed E-state index contributed by atoms with van der Waals surface area (Å²) in [6, 6.07) is 0.102. The summed E-state index contributed by atoms with van der Waals surface area (Å²) in [4.78, 5) is 17.3. The number of ether oxygens (including phenoxy) is 1. The number of thiazole rings is 1. The maximum Gasteiger partial charge on any atom is 0.222 e. The van der Waals surface area contributed by atoms with Crippen molar-refractivity contribution < 1.29 is 9.53 Å². The van der Waals surface area contributed by atoms with Gasteiger partial charge in [0, 0.05) is 30.1 Å². The summed E-state index contributed by atoms with van der Waals surface area (Å²) in [5.41, 5.74) is 0.